The van der Waals surface area contributed by atoms with Crippen LogP contribution in [0, 0.1) is 11.3 Å². The lowest BCUT2D eigenvalue weighted by Crippen LogP contribution is -2.49. The van der Waals surface area contributed by atoms with Gasteiger partial charge in [-0.15, -0.1) is 0 Å². The van der Waals surface area contributed by atoms with Crippen molar-refractivity contribution in [2.24, 2.45) is 18.4 Å². The Hall–Kier alpha value is -1.33. The van der Waals surface area contributed by atoms with E-state index in [1.807, 2.05) is 0 Å². The molecule has 5 nitrogen and oxygen atoms in total. The molecule has 1 unspecified atom stereocenters. The van der Waals surface area contributed by atoms with Gasteiger partial charge in [-0.05, 0) is 38.5 Å². The zero-order valence-corrected chi connectivity index (χ0v) is 17.1. The second-order valence-corrected chi connectivity index (χ2v) is 9.52. The minimum atomic E-state index is -0.211. The van der Waals surface area contributed by atoms with Crippen molar-refractivity contribution in [2.45, 2.75) is 59.5 Å². The van der Waals surface area contributed by atoms with E-state index in [9.17, 15) is 9.59 Å². The van der Waals surface area contributed by atoms with Crippen molar-refractivity contribution < 1.29 is 4.79 Å². The Kier molecular flexibility index (Phi) is 5.41. The first kappa shape index (κ1) is 20.0. The molecule has 1 amide bonds. The summed E-state index contributed by atoms with van der Waals surface area (Å²) in [5.41, 5.74) is 0.317. The van der Waals surface area contributed by atoms with Gasteiger partial charge in [-0.25, -0.2) is 0 Å². The van der Waals surface area contributed by atoms with Gasteiger partial charge in [-0.1, -0.05) is 32.4 Å². The highest BCUT2D eigenvalue weighted by Gasteiger charge is 2.45. The summed E-state index contributed by atoms with van der Waals surface area (Å²) >= 11 is 6.14. The first-order valence-corrected chi connectivity index (χ1v) is 9.12. The fraction of sp³-hybridized carbons (Fsp3) is 0.684. The topological polar surface area (TPSA) is 54.3 Å². The predicted octanol–water partition coefficient (Wildman–Crippen LogP) is 3.51. The molecule has 140 valence electrons. The highest BCUT2D eigenvalue weighted by molar-refractivity contribution is 6.33. The maximum atomic E-state index is 13.0. The number of nitrogens with zero attached hydrogens (tertiary/aromatic N) is 2. The van der Waals surface area contributed by atoms with E-state index in [-0.39, 0.29) is 33.5 Å². The average Bonchev–Trinajstić information content (AvgIpc) is 2.90. The quantitative estimate of drug-likeness (QED) is 0.870. The summed E-state index contributed by atoms with van der Waals surface area (Å²) in [5.74, 6) is 0.375. The maximum Gasteiger partial charge on any atom is 0.251 e. The normalized spacial score (nSPS) is 22.2. The molecule has 2 rings (SSSR count). The van der Waals surface area contributed by atoms with Crippen LogP contribution in [-0.4, -0.2) is 33.5 Å². The van der Waals surface area contributed by atoms with Crippen LogP contribution >= 0.6 is 11.6 Å². The van der Waals surface area contributed by atoms with Crippen LogP contribution in [0.4, 0.5) is 5.69 Å². The minimum Gasteiger partial charge on any atom is -0.322 e. The molecule has 0 aliphatic carbocycles. The number of carbonyl (C=O) groups is 1. The molecule has 6 heteroatoms. The first-order chi connectivity index (χ1) is 11.3. The number of amides is 1. The highest BCUT2D eigenvalue weighted by atomic mass is 35.5. The fourth-order valence-electron chi connectivity index (χ4n) is 3.37. The molecule has 1 aromatic heterocycles. The number of aryl methyl sites for hydroxylation is 1. The van der Waals surface area contributed by atoms with E-state index in [4.69, 9.17) is 11.6 Å². The number of carbonyl (C=O) groups excluding carboxylic acids is 1. The van der Waals surface area contributed by atoms with Crippen LogP contribution in [0.15, 0.2) is 17.1 Å². The predicted molar refractivity (Wildman–Crippen MR) is 103 cm³/mol. The molecular weight excluding hydrogens is 338 g/mol. The summed E-state index contributed by atoms with van der Waals surface area (Å²) in [4.78, 5) is 26.9. The number of halogens is 1. The van der Waals surface area contributed by atoms with Crippen LogP contribution in [-0.2, 0) is 11.8 Å². The zero-order chi connectivity index (χ0) is 19.2. The molecule has 0 saturated carbocycles. The summed E-state index contributed by atoms with van der Waals surface area (Å²) in [6, 6.07) is 1.11. The smallest absolute Gasteiger partial charge is 0.251 e. The molecule has 1 saturated heterocycles. The molecular formula is C19H30ClN3O2. The van der Waals surface area contributed by atoms with Gasteiger partial charge in [0.1, 0.15) is 0 Å². The Labute approximate surface area is 155 Å². The number of hydrogen-bond donors (Lipinski definition) is 1. The molecule has 1 aliphatic rings. The summed E-state index contributed by atoms with van der Waals surface area (Å²) in [5, 5.41) is 3.19. The Bertz CT molecular complexity index is 713. The largest absolute Gasteiger partial charge is 0.322 e. The number of rotatable bonds is 2. The third-order valence-electron chi connectivity index (χ3n) is 5.13. The van der Waals surface area contributed by atoms with Crippen LogP contribution in [0.5, 0.6) is 0 Å². The molecule has 2 heterocycles. The van der Waals surface area contributed by atoms with Crippen LogP contribution in [0.3, 0.4) is 0 Å². The zero-order valence-electron chi connectivity index (χ0n) is 16.3. The third kappa shape index (κ3) is 4.45. The van der Waals surface area contributed by atoms with Crippen molar-refractivity contribution in [3.63, 3.8) is 0 Å². The molecule has 0 aromatic carbocycles. The number of likely N-dealkylation sites (tertiary alicyclic amines) is 1. The summed E-state index contributed by atoms with van der Waals surface area (Å²) in [6.07, 6.45) is 2.39. The van der Waals surface area contributed by atoms with Crippen molar-refractivity contribution in [1.82, 2.24) is 9.47 Å². The Balaban J connectivity index is 2.27. The molecule has 0 bridgehead atoms. The number of anilines is 1. The van der Waals surface area contributed by atoms with Gasteiger partial charge in [0.25, 0.3) is 5.56 Å². The van der Waals surface area contributed by atoms with Crippen molar-refractivity contribution in [2.75, 3.05) is 11.9 Å². The molecule has 2 atom stereocenters. The van der Waals surface area contributed by atoms with Gasteiger partial charge in [0.2, 0.25) is 5.91 Å². The molecule has 0 spiro atoms. The van der Waals surface area contributed by atoms with Crippen LogP contribution in [0.1, 0.15) is 48.0 Å². The van der Waals surface area contributed by atoms with Crippen molar-refractivity contribution in [3.8, 4) is 0 Å². The Morgan fingerprint density at radius 2 is 1.84 bits per heavy atom. The lowest BCUT2D eigenvalue weighted by Gasteiger charge is -2.36. The standard InChI is InChI=1S/C19H30ClN3O2/c1-18(2,3)12-8-15(23(10-12)19(4,5)6)17(25)21-14-11-22(7)16(24)9-13(14)20/h9,11-12,15H,8,10H2,1-7H3,(H,21,25)/t12?,15-/m0/s1. The lowest BCUT2D eigenvalue weighted by molar-refractivity contribution is -0.121. The number of hydrogen-bond acceptors (Lipinski definition) is 3. The third-order valence-corrected chi connectivity index (χ3v) is 5.44. The Morgan fingerprint density at radius 3 is 2.36 bits per heavy atom. The van der Waals surface area contributed by atoms with E-state index >= 15 is 0 Å². The molecule has 25 heavy (non-hydrogen) atoms. The molecule has 1 N–H and O–H groups in total. The van der Waals surface area contributed by atoms with E-state index in [2.05, 4.69) is 51.8 Å². The minimum absolute atomic E-state index is 0.0674. The monoisotopic (exact) mass is 367 g/mol. The highest BCUT2D eigenvalue weighted by Crippen LogP contribution is 2.40. The lowest BCUT2D eigenvalue weighted by atomic mass is 9.79. The summed E-state index contributed by atoms with van der Waals surface area (Å²) < 4.78 is 1.41. The van der Waals surface area contributed by atoms with Gasteiger partial charge in [0.05, 0.1) is 16.8 Å². The van der Waals surface area contributed by atoms with E-state index in [0.717, 1.165) is 13.0 Å². The second kappa shape index (κ2) is 6.76. The van der Waals surface area contributed by atoms with E-state index in [1.54, 1.807) is 13.2 Å². The van der Waals surface area contributed by atoms with E-state index < -0.39 is 0 Å². The summed E-state index contributed by atoms with van der Waals surface area (Å²) in [6.45, 7) is 14.0. The summed E-state index contributed by atoms with van der Waals surface area (Å²) in [7, 11) is 1.64. The van der Waals surface area contributed by atoms with E-state index in [0.29, 0.717) is 11.6 Å². The molecule has 1 aliphatic heterocycles. The van der Waals surface area contributed by atoms with Gasteiger partial charge < -0.3 is 9.88 Å². The van der Waals surface area contributed by atoms with Gasteiger partial charge in [-0.3, -0.25) is 14.5 Å². The van der Waals surface area contributed by atoms with Crippen LogP contribution in [0.2, 0.25) is 5.02 Å². The number of aromatic nitrogens is 1. The molecule has 0 radical (unpaired) electrons. The van der Waals surface area contributed by atoms with Gasteiger partial charge in [-0.2, -0.15) is 0 Å². The Morgan fingerprint density at radius 1 is 1.24 bits per heavy atom. The number of nitrogens with one attached hydrogen (secondary N) is 1. The van der Waals surface area contributed by atoms with Crippen molar-refractivity contribution in [1.29, 1.82) is 0 Å². The first-order valence-electron chi connectivity index (χ1n) is 8.74. The van der Waals surface area contributed by atoms with Crippen molar-refractivity contribution >= 4 is 23.2 Å². The molecule has 1 fully saturated rings. The van der Waals surface area contributed by atoms with Crippen LogP contribution in [0.25, 0.3) is 0 Å². The second-order valence-electron chi connectivity index (χ2n) is 9.11. The number of pyridine rings is 1. The SMILES string of the molecule is Cn1cc(NC(=O)[C@@H]2CC(C(C)(C)C)CN2C(C)(C)C)c(Cl)cc1=O. The van der Waals surface area contributed by atoms with Gasteiger partial charge in [0, 0.05) is 31.4 Å². The van der Waals surface area contributed by atoms with E-state index in [1.165, 1.54) is 10.6 Å². The van der Waals surface area contributed by atoms with Gasteiger partial charge >= 0.3 is 0 Å². The van der Waals surface area contributed by atoms with Crippen molar-refractivity contribution in [3.05, 3.63) is 27.6 Å². The van der Waals surface area contributed by atoms with Gasteiger partial charge in [0.15, 0.2) is 0 Å². The molecule has 1 aromatic rings. The van der Waals surface area contributed by atoms with Crippen LogP contribution < -0.4 is 10.9 Å². The maximum absolute atomic E-state index is 13.0. The fourth-order valence-corrected chi connectivity index (χ4v) is 3.56. The average molecular weight is 368 g/mol.